The number of likely N-dealkylation sites (N-methyl/N-ethyl adjacent to an activating group) is 1. The number of anilines is 1. The lowest BCUT2D eigenvalue weighted by Gasteiger charge is -2.31. The molecule has 1 heterocycles. The molecule has 1 atom stereocenters. The summed E-state index contributed by atoms with van der Waals surface area (Å²) in [4.78, 5) is 6.86. The van der Waals surface area contributed by atoms with Crippen LogP contribution in [0.5, 0.6) is 5.75 Å². The highest BCUT2D eigenvalue weighted by molar-refractivity contribution is 5.92. The first-order valence-corrected chi connectivity index (χ1v) is 11.7. The van der Waals surface area contributed by atoms with E-state index in [4.69, 9.17) is 15.2 Å². The molecule has 0 bridgehead atoms. The van der Waals surface area contributed by atoms with E-state index in [-0.39, 0.29) is 0 Å². The number of ether oxygens (including phenoxy) is 2. The summed E-state index contributed by atoms with van der Waals surface area (Å²) in [7, 11) is 2.16. The Bertz CT molecular complexity index is 847. The molecule has 1 fully saturated rings. The largest absolute Gasteiger partial charge is 0.492 e. The lowest BCUT2D eigenvalue weighted by atomic mass is 9.99. The van der Waals surface area contributed by atoms with Gasteiger partial charge in [0.15, 0.2) is 5.96 Å². The van der Waals surface area contributed by atoms with Crippen LogP contribution < -0.4 is 15.8 Å². The first-order valence-electron chi connectivity index (χ1n) is 11.7. The zero-order valence-electron chi connectivity index (χ0n) is 19.7. The third-order valence-electron chi connectivity index (χ3n) is 6.22. The van der Waals surface area contributed by atoms with E-state index in [0.717, 1.165) is 56.0 Å². The van der Waals surface area contributed by atoms with Gasteiger partial charge in [-0.1, -0.05) is 38.1 Å². The number of hydrogen-bond acceptors (Lipinski definition) is 4. The van der Waals surface area contributed by atoms with E-state index < -0.39 is 0 Å². The molecule has 1 aliphatic rings. The lowest BCUT2D eigenvalue weighted by Crippen LogP contribution is -2.38. The van der Waals surface area contributed by atoms with Crippen molar-refractivity contribution in [1.29, 1.82) is 0 Å². The van der Waals surface area contributed by atoms with Crippen molar-refractivity contribution in [3.8, 4) is 5.75 Å². The molecule has 0 aromatic heterocycles. The molecule has 2 aromatic carbocycles. The molecule has 2 aromatic rings. The molecule has 1 unspecified atom stereocenters. The van der Waals surface area contributed by atoms with E-state index in [1.54, 1.807) is 0 Å². The second-order valence-corrected chi connectivity index (χ2v) is 8.58. The van der Waals surface area contributed by atoms with Crippen LogP contribution in [0.3, 0.4) is 0 Å². The van der Waals surface area contributed by atoms with Gasteiger partial charge < -0.3 is 20.5 Å². The minimum atomic E-state index is 0.408. The summed E-state index contributed by atoms with van der Waals surface area (Å²) in [6.45, 7) is 8.23. The molecule has 0 aliphatic carbocycles. The molecular weight excluding hydrogens is 400 g/mol. The highest BCUT2D eigenvalue weighted by Gasteiger charge is 2.17. The van der Waals surface area contributed by atoms with Crippen LogP contribution in [0.4, 0.5) is 5.69 Å². The van der Waals surface area contributed by atoms with Gasteiger partial charge in [0.1, 0.15) is 12.4 Å². The maximum atomic E-state index is 6.09. The molecule has 0 radical (unpaired) electrons. The first kappa shape index (κ1) is 24.1. The average molecular weight is 439 g/mol. The Kier molecular flexibility index (Phi) is 9.38. The highest BCUT2D eigenvalue weighted by Crippen LogP contribution is 2.20. The van der Waals surface area contributed by atoms with E-state index in [0.29, 0.717) is 31.1 Å². The second kappa shape index (κ2) is 12.5. The van der Waals surface area contributed by atoms with Crippen LogP contribution in [0.15, 0.2) is 53.5 Å². The Morgan fingerprint density at radius 2 is 1.97 bits per heavy atom. The van der Waals surface area contributed by atoms with Gasteiger partial charge in [-0.05, 0) is 67.6 Å². The molecule has 1 saturated heterocycles. The maximum absolute atomic E-state index is 6.09. The predicted octanol–water partition coefficient (Wildman–Crippen LogP) is 4.62. The van der Waals surface area contributed by atoms with Gasteiger partial charge in [0.2, 0.25) is 0 Å². The summed E-state index contributed by atoms with van der Waals surface area (Å²) in [6.07, 6.45) is 3.33. The fraction of sp³-hybridized carbons (Fsp3) is 0.500. The molecule has 0 spiro atoms. The third-order valence-corrected chi connectivity index (χ3v) is 6.22. The summed E-state index contributed by atoms with van der Waals surface area (Å²) in [5, 5.41) is 3.17. The van der Waals surface area contributed by atoms with Crippen LogP contribution in [0.2, 0.25) is 0 Å². The maximum Gasteiger partial charge on any atom is 0.193 e. The Morgan fingerprint density at radius 1 is 1.22 bits per heavy atom. The van der Waals surface area contributed by atoms with Crippen molar-refractivity contribution in [2.24, 2.45) is 10.7 Å². The van der Waals surface area contributed by atoms with Crippen LogP contribution in [-0.2, 0) is 11.3 Å². The number of hydrogen-bond donors (Lipinski definition) is 2. The second-order valence-electron chi connectivity index (χ2n) is 8.58. The van der Waals surface area contributed by atoms with Crippen molar-refractivity contribution in [1.82, 2.24) is 4.90 Å². The average Bonchev–Trinajstić information content (AvgIpc) is 2.83. The van der Waals surface area contributed by atoms with Crippen LogP contribution in [0, 0.1) is 0 Å². The molecular formula is C26H38N4O2. The third kappa shape index (κ3) is 7.53. The van der Waals surface area contributed by atoms with Crippen molar-refractivity contribution in [3.05, 3.63) is 59.7 Å². The number of benzene rings is 2. The van der Waals surface area contributed by atoms with E-state index in [1.807, 2.05) is 24.3 Å². The monoisotopic (exact) mass is 438 g/mol. The zero-order valence-corrected chi connectivity index (χ0v) is 19.7. The van der Waals surface area contributed by atoms with Crippen molar-refractivity contribution < 1.29 is 9.47 Å². The molecule has 3 rings (SSSR count). The first-order chi connectivity index (χ1) is 15.5. The summed E-state index contributed by atoms with van der Waals surface area (Å²) in [5.74, 6) is 1.84. The van der Waals surface area contributed by atoms with Crippen molar-refractivity contribution >= 4 is 11.6 Å². The Hall–Kier alpha value is -2.57. The van der Waals surface area contributed by atoms with E-state index in [1.165, 1.54) is 5.56 Å². The van der Waals surface area contributed by atoms with Crippen molar-refractivity contribution in [3.63, 3.8) is 0 Å². The van der Waals surface area contributed by atoms with E-state index in [9.17, 15) is 0 Å². The number of rotatable bonds is 10. The Morgan fingerprint density at radius 3 is 2.69 bits per heavy atom. The van der Waals surface area contributed by atoms with Crippen LogP contribution in [0.1, 0.15) is 50.2 Å². The molecule has 6 heteroatoms. The molecule has 0 amide bonds. The van der Waals surface area contributed by atoms with E-state index >= 15 is 0 Å². The van der Waals surface area contributed by atoms with Crippen LogP contribution >= 0.6 is 0 Å². The van der Waals surface area contributed by atoms with Gasteiger partial charge in [-0.15, -0.1) is 0 Å². The smallest absolute Gasteiger partial charge is 0.193 e. The normalized spacial score (nSPS) is 16.2. The molecule has 3 N–H and O–H groups in total. The van der Waals surface area contributed by atoms with Gasteiger partial charge in [0.05, 0.1) is 6.54 Å². The van der Waals surface area contributed by atoms with Crippen molar-refractivity contribution in [2.75, 3.05) is 38.7 Å². The summed E-state index contributed by atoms with van der Waals surface area (Å²) < 4.78 is 11.4. The standard InChI is InChI=1S/C26H38N4O2/c1-4-20(2)22-8-10-23(11-9-22)29-26(27)28-19-21-6-5-7-25(18-21)32-17-14-30(3)24-12-15-31-16-13-24/h5-11,18,20,24H,4,12-17,19H2,1-3H3,(H3,27,28,29). The molecule has 174 valence electrons. The van der Waals surface area contributed by atoms with Crippen LogP contribution in [0.25, 0.3) is 0 Å². The zero-order chi connectivity index (χ0) is 22.8. The summed E-state index contributed by atoms with van der Waals surface area (Å²) in [5.41, 5.74) is 9.45. The number of aliphatic imine (C=N–C) groups is 1. The SMILES string of the molecule is CCC(C)c1ccc(NC(N)=NCc2cccc(OCCN(C)C3CCOCC3)c2)cc1. The van der Waals surface area contributed by atoms with Gasteiger partial charge >= 0.3 is 0 Å². The summed E-state index contributed by atoms with van der Waals surface area (Å²) in [6, 6.07) is 17.0. The van der Waals surface area contributed by atoms with Gasteiger partial charge in [0, 0.05) is 31.5 Å². The van der Waals surface area contributed by atoms with Crippen LogP contribution in [-0.4, -0.2) is 50.3 Å². The Labute approximate surface area is 192 Å². The number of nitrogens with two attached hydrogens (primary N) is 1. The summed E-state index contributed by atoms with van der Waals surface area (Å²) >= 11 is 0. The molecule has 0 saturated carbocycles. The molecule has 6 nitrogen and oxygen atoms in total. The minimum absolute atomic E-state index is 0.408. The van der Waals surface area contributed by atoms with Gasteiger partial charge in [-0.2, -0.15) is 0 Å². The number of nitrogens with one attached hydrogen (secondary N) is 1. The quantitative estimate of drug-likeness (QED) is 0.418. The van der Waals surface area contributed by atoms with Crippen molar-refractivity contribution in [2.45, 2.75) is 51.6 Å². The van der Waals surface area contributed by atoms with Gasteiger partial charge in [0.25, 0.3) is 0 Å². The molecule has 32 heavy (non-hydrogen) atoms. The number of nitrogens with zero attached hydrogens (tertiary/aromatic N) is 2. The fourth-order valence-electron chi connectivity index (χ4n) is 3.84. The Balaban J connectivity index is 1.45. The predicted molar refractivity (Wildman–Crippen MR) is 133 cm³/mol. The molecule has 1 aliphatic heterocycles. The van der Waals surface area contributed by atoms with E-state index in [2.05, 4.69) is 60.4 Å². The minimum Gasteiger partial charge on any atom is -0.492 e. The highest BCUT2D eigenvalue weighted by atomic mass is 16.5. The van der Waals surface area contributed by atoms with Gasteiger partial charge in [-0.3, -0.25) is 4.90 Å². The topological polar surface area (TPSA) is 72.1 Å². The lowest BCUT2D eigenvalue weighted by molar-refractivity contribution is 0.0392. The van der Waals surface area contributed by atoms with Gasteiger partial charge in [-0.25, -0.2) is 4.99 Å². The number of guanidine groups is 1. The fourth-order valence-corrected chi connectivity index (χ4v) is 3.84.